The van der Waals surface area contributed by atoms with E-state index in [1.807, 2.05) is 24.3 Å². The lowest BCUT2D eigenvalue weighted by atomic mass is 10.1. The highest BCUT2D eigenvalue weighted by Crippen LogP contribution is 2.37. The van der Waals surface area contributed by atoms with Gasteiger partial charge in [0.25, 0.3) is 0 Å². The molecule has 0 saturated carbocycles. The van der Waals surface area contributed by atoms with Crippen LogP contribution in [0.1, 0.15) is 24.2 Å². The Morgan fingerprint density at radius 3 is 2.75 bits per heavy atom. The van der Waals surface area contributed by atoms with Crippen molar-refractivity contribution in [3.8, 4) is 5.75 Å². The summed E-state index contributed by atoms with van der Waals surface area (Å²) in [6.07, 6.45) is 1.72. The maximum absolute atomic E-state index is 10.8. The third-order valence-electron chi connectivity index (χ3n) is 4.36. The predicted octanol–water partition coefficient (Wildman–Crippen LogP) is 3.58. The number of aldehydes is 1. The van der Waals surface area contributed by atoms with Gasteiger partial charge in [-0.05, 0) is 50.7 Å². The molecule has 0 aliphatic heterocycles. The molecule has 1 aliphatic rings. The lowest BCUT2D eigenvalue weighted by Gasteiger charge is -2.27. The van der Waals surface area contributed by atoms with Crippen LogP contribution in [0.15, 0.2) is 53.5 Å². The highest BCUT2D eigenvalue weighted by molar-refractivity contribution is 6.27. The second-order valence-electron chi connectivity index (χ2n) is 6.34. The van der Waals surface area contributed by atoms with Gasteiger partial charge in [0.1, 0.15) is 11.9 Å². The number of ether oxygens (including phenoxy) is 1. The Labute approximate surface area is 142 Å². The molecule has 0 bridgehead atoms. The average molecular weight is 322 g/mol. The first-order valence-corrected chi connectivity index (χ1v) is 8.10. The monoisotopic (exact) mass is 322 g/mol. The fourth-order valence-electron chi connectivity index (χ4n) is 3.14. The van der Waals surface area contributed by atoms with E-state index in [0.717, 1.165) is 24.1 Å². The number of carbonyl (C=O) groups excluding carboxylic acids is 1. The molecule has 0 spiro atoms. The molecule has 0 fully saturated rings. The van der Waals surface area contributed by atoms with Crippen LogP contribution >= 0.6 is 0 Å². The maximum atomic E-state index is 10.8. The van der Waals surface area contributed by atoms with E-state index in [1.165, 1.54) is 11.1 Å². The number of nitrogens with zero attached hydrogens (tertiary/aromatic N) is 2. The first kappa shape index (κ1) is 16.4. The van der Waals surface area contributed by atoms with Gasteiger partial charge in [-0.25, -0.2) is 0 Å². The standard InChI is InChI=1S/C20H22N2O2/c1-14(13-23)21-16-8-6-9-17(12-16)24-20-18-10-5-4-7-15(18)11-19(20)22(2)3/h4-10,12-13,19-20H,11H2,1-3H3. The molecule has 0 radical (unpaired) electrons. The molecule has 4 nitrogen and oxygen atoms in total. The molecule has 24 heavy (non-hydrogen) atoms. The largest absolute Gasteiger partial charge is 0.484 e. The number of benzene rings is 2. The zero-order chi connectivity index (χ0) is 17.1. The van der Waals surface area contributed by atoms with Crippen molar-refractivity contribution in [2.45, 2.75) is 25.5 Å². The van der Waals surface area contributed by atoms with Crippen LogP contribution in [-0.2, 0) is 11.2 Å². The van der Waals surface area contributed by atoms with Gasteiger partial charge in [0.2, 0.25) is 0 Å². The Hall–Kier alpha value is -2.46. The topological polar surface area (TPSA) is 41.9 Å². The second-order valence-corrected chi connectivity index (χ2v) is 6.34. The number of rotatable bonds is 5. The first-order chi connectivity index (χ1) is 11.6. The lowest BCUT2D eigenvalue weighted by Crippen LogP contribution is -2.34. The van der Waals surface area contributed by atoms with Crippen LogP contribution < -0.4 is 4.74 Å². The van der Waals surface area contributed by atoms with Gasteiger partial charge in [-0.1, -0.05) is 30.3 Å². The van der Waals surface area contributed by atoms with Crippen LogP contribution in [0, 0.1) is 0 Å². The molecule has 4 heteroatoms. The van der Waals surface area contributed by atoms with Crippen molar-refractivity contribution in [2.75, 3.05) is 14.1 Å². The third-order valence-corrected chi connectivity index (χ3v) is 4.36. The Kier molecular flexibility index (Phi) is 4.76. The van der Waals surface area contributed by atoms with E-state index in [9.17, 15) is 4.79 Å². The summed E-state index contributed by atoms with van der Waals surface area (Å²) in [4.78, 5) is 17.2. The number of likely N-dealkylation sites (N-methyl/N-ethyl adjacent to an activating group) is 1. The Balaban J connectivity index is 1.89. The molecule has 0 heterocycles. The van der Waals surface area contributed by atoms with Crippen LogP contribution in [0.2, 0.25) is 0 Å². The molecule has 2 aromatic rings. The maximum Gasteiger partial charge on any atom is 0.163 e. The van der Waals surface area contributed by atoms with Gasteiger partial charge in [0, 0.05) is 6.07 Å². The fraction of sp³-hybridized carbons (Fsp3) is 0.300. The molecular formula is C20H22N2O2. The third kappa shape index (κ3) is 3.39. The number of aliphatic imine (C=N–C) groups is 1. The second kappa shape index (κ2) is 6.97. The van der Waals surface area contributed by atoms with Crippen LogP contribution in [0.4, 0.5) is 5.69 Å². The van der Waals surface area contributed by atoms with E-state index in [1.54, 1.807) is 6.92 Å². The SMILES string of the molecule is CC(C=O)=Nc1cccc(OC2c3ccccc3CC2N(C)C)c1. The summed E-state index contributed by atoms with van der Waals surface area (Å²) in [5.74, 6) is 0.767. The smallest absolute Gasteiger partial charge is 0.163 e. The Morgan fingerprint density at radius 1 is 1.21 bits per heavy atom. The van der Waals surface area contributed by atoms with E-state index in [4.69, 9.17) is 4.74 Å². The van der Waals surface area contributed by atoms with Crippen molar-refractivity contribution in [1.82, 2.24) is 4.90 Å². The van der Waals surface area contributed by atoms with Crippen molar-refractivity contribution >= 4 is 17.7 Å². The molecule has 2 unspecified atom stereocenters. The van der Waals surface area contributed by atoms with Gasteiger partial charge in [0.15, 0.2) is 6.29 Å². The average Bonchev–Trinajstić information content (AvgIpc) is 2.94. The number of hydrogen-bond acceptors (Lipinski definition) is 4. The van der Waals surface area contributed by atoms with Crippen molar-refractivity contribution < 1.29 is 9.53 Å². The molecule has 124 valence electrons. The molecule has 0 amide bonds. The summed E-state index contributed by atoms with van der Waals surface area (Å²) in [5.41, 5.74) is 3.76. The molecular weight excluding hydrogens is 300 g/mol. The molecule has 0 saturated heterocycles. The van der Waals surface area contributed by atoms with Gasteiger partial charge in [-0.15, -0.1) is 0 Å². The van der Waals surface area contributed by atoms with Crippen LogP contribution in [0.25, 0.3) is 0 Å². The van der Waals surface area contributed by atoms with E-state index in [0.29, 0.717) is 11.8 Å². The summed E-state index contributed by atoms with van der Waals surface area (Å²) in [5, 5.41) is 0. The molecule has 1 aliphatic carbocycles. The Morgan fingerprint density at radius 2 is 2.00 bits per heavy atom. The molecule has 2 aromatic carbocycles. The Bertz CT molecular complexity index is 768. The summed E-state index contributed by atoms with van der Waals surface area (Å²) < 4.78 is 6.33. The minimum absolute atomic E-state index is 0.0115. The summed E-state index contributed by atoms with van der Waals surface area (Å²) in [6, 6.07) is 16.3. The minimum Gasteiger partial charge on any atom is -0.484 e. The normalized spacial score (nSPS) is 20.1. The summed E-state index contributed by atoms with van der Waals surface area (Å²) in [7, 11) is 4.17. The van der Waals surface area contributed by atoms with Crippen LogP contribution in [-0.4, -0.2) is 37.0 Å². The van der Waals surface area contributed by atoms with Crippen molar-refractivity contribution in [3.63, 3.8) is 0 Å². The molecule has 3 rings (SSSR count). The predicted molar refractivity (Wildman–Crippen MR) is 96.3 cm³/mol. The van der Waals surface area contributed by atoms with Crippen molar-refractivity contribution in [2.24, 2.45) is 4.99 Å². The molecule has 2 atom stereocenters. The fourth-order valence-corrected chi connectivity index (χ4v) is 3.14. The molecule has 0 aromatic heterocycles. The van der Waals surface area contributed by atoms with Crippen molar-refractivity contribution in [1.29, 1.82) is 0 Å². The van der Waals surface area contributed by atoms with Crippen LogP contribution in [0.5, 0.6) is 5.75 Å². The van der Waals surface area contributed by atoms with Gasteiger partial charge >= 0.3 is 0 Å². The number of hydrogen-bond donors (Lipinski definition) is 0. The van der Waals surface area contributed by atoms with Gasteiger partial charge < -0.3 is 9.64 Å². The van der Waals surface area contributed by atoms with Crippen molar-refractivity contribution in [3.05, 3.63) is 59.7 Å². The highest BCUT2D eigenvalue weighted by Gasteiger charge is 2.35. The minimum atomic E-state index is -0.0115. The van der Waals surface area contributed by atoms with Gasteiger partial charge in [-0.2, -0.15) is 0 Å². The first-order valence-electron chi connectivity index (χ1n) is 8.10. The zero-order valence-corrected chi connectivity index (χ0v) is 14.3. The van der Waals surface area contributed by atoms with Gasteiger partial charge in [-0.3, -0.25) is 9.79 Å². The summed E-state index contributed by atoms with van der Waals surface area (Å²) in [6.45, 7) is 1.69. The zero-order valence-electron chi connectivity index (χ0n) is 14.3. The number of carbonyl (C=O) groups is 1. The number of fused-ring (bicyclic) bond motifs is 1. The highest BCUT2D eigenvalue weighted by atomic mass is 16.5. The lowest BCUT2D eigenvalue weighted by molar-refractivity contribution is -0.102. The van der Waals surface area contributed by atoms with E-state index in [-0.39, 0.29) is 6.10 Å². The van der Waals surface area contributed by atoms with E-state index >= 15 is 0 Å². The quantitative estimate of drug-likeness (QED) is 0.624. The van der Waals surface area contributed by atoms with Gasteiger partial charge in [0.05, 0.1) is 17.4 Å². The summed E-state index contributed by atoms with van der Waals surface area (Å²) >= 11 is 0. The van der Waals surface area contributed by atoms with E-state index < -0.39 is 0 Å². The molecule has 0 N–H and O–H groups in total. The van der Waals surface area contributed by atoms with Crippen LogP contribution in [0.3, 0.4) is 0 Å². The van der Waals surface area contributed by atoms with E-state index in [2.05, 4.69) is 48.3 Å².